The second kappa shape index (κ2) is 8.74. The number of Topliss-reactive ketones (excluding diaryl/α,β-unsaturated/α-hetero) is 1. The summed E-state index contributed by atoms with van der Waals surface area (Å²) in [7, 11) is 0. The van der Waals surface area contributed by atoms with E-state index in [0.717, 1.165) is 0 Å². The minimum Gasteiger partial charge on any atom is -0.506 e. The maximum atomic E-state index is 14.5. The van der Waals surface area contributed by atoms with Gasteiger partial charge in [0.1, 0.15) is 29.1 Å². The largest absolute Gasteiger partial charge is 0.506 e. The second-order valence-corrected chi connectivity index (χ2v) is 7.35. The highest BCUT2D eigenvalue weighted by Crippen LogP contribution is 2.32. The van der Waals surface area contributed by atoms with Gasteiger partial charge in [0.25, 0.3) is 0 Å². The molecule has 0 saturated heterocycles. The summed E-state index contributed by atoms with van der Waals surface area (Å²) < 4.78 is 14.5. The Balaban J connectivity index is 1.98. The van der Waals surface area contributed by atoms with Crippen LogP contribution in [-0.2, 0) is 0 Å². The lowest BCUT2D eigenvalue weighted by atomic mass is 9.93. The lowest BCUT2D eigenvalue weighted by Gasteiger charge is -2.16. The van der Waals surface area contributed by atoms with Crippen LogP contribution in [0.3, 0.4) is 0 Å². The van der Waals surface area contributed by atoms with E-state index in [1.807, 2.05) is 0 Å². The van der Waals surface area contributed by atoms with Crippen molar-refractivity contribution >= 4 is 28.1 Å². The van der Waals surface area contributed by atoms with Gasteiger partial charge in [-0.15, -0.1) is 0 Å². The molecule has 0 saturated carbocycles. The second-order valence-electron chi connectivity index (χ2n) is 7.35. The molecule has 3 aromatic carbocycles. The van der Waals surface area contributed by atoms with Crippen LogP contribution in [-0.4, -0.2) is 37.7 Å². The van der Waals surface area contributed by atoms with E-state index in [9.17, 15) is 24.5 Å². The number of hydrogen-bond acceptors (Lipinski definition) is 5. The van der Waals surface area contributed by atoms with Crippen molar-refractivity contribution in [3.63, 3.8) is 0 Å². The van der Waals surface area contributed by atoms with E-state index in [1.54, 1.807) is 49.4 Å². The molecule has 162 valence electrons. The molecule has 0 fully saturated rings. The molecule has 0 bridgehead atoms. The van der Waals surface area contributed by atoms with Crippen molar-refractivity contribution < 1.29 is 24.5 Å². The molecule has 0 aliphatic heterocycles. The highest BCUT2D eigenvalue weighted by molar-refractivity contribution is 6.33. The number of para-hydroxylation sites is 2. The third-order valence-corrected chi connectivity index (χ3v) is 5.37. The first-order valence-corrected chi connectivity index (χ1v) is 9.98. The molecule has 6 nitrogen and oxygen atoms in total. The molecule has 0 aliphatic carbocycles. The summed E-state index contributed by atoms with van der Waals surface area (Å²) in [5.74, 6) is -1.79. The molecule has 0 aliphatic rings. The molecule has 4 aromatic rings. The molecule has 0 amide bonds. The van der Waals surface area contributed by atoms with E-state index in [2.05, 4.69) is 9.97 Å². The van der Waals surface area contributed by atoms with E-state index in [4.69, 9.17) is 0 Å². The van der Waals surface area contributed by atoms with Crippen molar-refractivity contribution in [3.8, 4) is 0 Å². The monoisotopic (exact) mass is 432 g/mol. The number of nitrogens with one attached hydrogen (secondary N) is 1. The molecule has 1 aromatic heterocycles. The molecule has 4 N–H and O–H groups in total. The van der Waals surface area contributed by atoms with Crippen molar-refractivity contribution in [2.75, 3.05) is 6.61 Å². The third-order valence-electron chi connectivity index (χ3n) is 5.37. The fourth-order valence-corrected chi connectivity index (χ4v) is 3.68. The summed E-state index contributed by atoms with van der Waals surface area (Å²) in [6, 6.07) is 17.4. The number of carbonyl (C=O) groups is 1. The van der Waals surface area contributed by atoms with E-state index in [-0.39, 0.29) is 22.5 Å². The van der Waals surface area contributed by atoms with Gasteiger partial charge in [0, 0.05) is 5.56 Å². The number of carbonyl (C=O) groups excluding carboxylic acids is 1. The third kappa shape index (κ3) is 3.79. The molecule has 0 unspecified atom stereocenters. The summed E-state index contributed by atoms with van der Waals surface area (Å²) in [5.41, 5.74) is 1.95. The number of aromatic amines is 1. The number of nitrogens with zero attached hydrogens (tertiary/aromatic N) is 1. The van der Waals surface area contributed by atoms with Gasteiger partial charge in [-0.1, -0.05) is 42.5 Å². The Morgan fingerprint density at radius 2 is 1.72 bits per heavy atom. The molecule has 4 rings (SSSR count). The quantitative estimate of drug-likeness (QED) is 0.206. The number of rotatable bonds is 6. The summed E-state index contributed by atoms with van der Waals surface area (Å²) >= 11 is 0. The highest BCUT2D eigenvalue weighted by Gasteiger charge is 2.27. The van der Waals surface area contributed by atoms with Gasteiger partial charge in [-0.25, -0.2) is 9.37 Å². The van der Waals surface area contributed by atoms with Crippen molar-refractivity contribution in [1.29, 1.82) is 0 Å². The van der Waals surface area contributed by atoms with E-state index in [1.165, 1.54) is 24.3 Å². The van der Waals surface area contributed by atoms with Gasteiger partial charge in [0.05, 0.1) is 23.2 Å². The zero-order valence-corrected chi connectivity index (χ0v) is 17.2. The predicted octanol–water partition coefficient (Wildman–Crippen LogP) is 4.35. The lowest BCUT2D eigenvalue weighted by molar-refractivity contribution is 0.0951. The van der Waals surface area contributed by atoms with Crippen LogP contribution in [0.1, 0.15) is 39.0 Å². The van der Waals surface area contributed by atoms with E-state index < -0.39 is 30.1 Å². The fourth-order valence-electron chi connectivity index (χ4n) is 3.68. The molecular formula is C25H21FN2O4. The number of allylic oxidation sites excluding steroid dienone is 1. The molecule has 1 atom stereocenters. The topological polar surface area (TPSA) is 106 Å². The Morgan fingerprint density at radius 3 is 2.44 bits per heavy atom. The highest BCUT2D eigenvalue weighted by atomic mass is 19.1. The first kappa shape index (κ1) is 21.4. The number of hydrogen-bond donors (Lipinski definition) is 4. The Kier molecular flexibility index (Phi) is 5.85. The Bertz CT molecular complexity index is 1310. The number of aliphatic hydroxyl groups is 3. The number of aliphatic hydroxyl groups excluding tert-OH is 3. The molecule has 0 spiro atoms. The Hall–Kier alpha value is -3.81. The smallest absolute Gasteiger partial charge is 0.203 e. The van der Waals surface area contributed by atoms with Crippen LogP contribution >= 0.6 is 0 Å². The van der Waals surface area contributed by atoms with Crippen molar-refractivity contribution in [2.45, 2.75) is 13.0 Å². The van der Waals surface area contributed by atoms with Gasteiger partial charge >= 0.3 is 0 Å². The van der Waals surface area contributed by atoms with Gasteiger partial charge in [0.15, 0.2) is 0 Å². The summed E-state index contributed by atoms with van der Waals surface area (Å²) in [5, 5.41) is 30.7. The van der Waals surface area contributed by atoms with Crippen LogP contribution < -0.4 is 0 Å². The first-order chi connectivity index (χ1) is 15.4. The van der Waals surface area contributed by atoms with Crippen LogP contribution in [0.5, 0.6) is 0 Å². The molecule has 7 heteroatoms. The van der Waals surface area contributed by atoms with Crippen LogP contribution in [0.4, 0.5) is 4.39 Å². The van der Waals surface area contributed by atoms with E-state index >= 15 is 0 Å². The van der Waals surface area contributed by atoms with Crippen LogP contribution in [0.2, 0.25) is 0 Å². The number of aromatic nitrogens is 2. The first-order valence-electron chi connectivity index (χ1n) is 9.98. The number of H-pyrrole nitrogens is 1. The van der Waals surface area contributed by atoms with Gasteiger partial charge in [-0.05, 0) is 42.3 Å². The fraction of sp³-hybridized carbons (Fsp3) is 0.120. The number of ketones is 1. The number of imidazole rings is 1. The van der Waals surface area contributed by atoms with Crippen LogP contribution in [0, 0.1) is 12.7 Å². The summed E-state index contributed by atoms with van der Waals surface area (Å²) in [4.78, 5) is 20.9. The number of halogens is 1. The Morgan fingerprint density at radius 1 is 1.03 bits per heavy atom. The van der Waals surface area contributed by atoms with Gasteiger partial charge in [0.2, 0.25) is 5.78 Å². The van der Waals surface area contributed by atoms with Crippen molar-refractivity contribution in [3.05, 3.63) is 101 Å². The molecule has 32 heavy (non-hydrogen) atoms. The standard InChI is InChI=1S/C25H21FN2O4/c1-14-15(21(30)13-29)8-6-9-16(14)23(31)22(24(32)17-7-2-3-10-18(17)26)25-27-19-11-4-5-12-20(19)28-25/h2-12,21,29-31H,13H2,1H3,(H,27,28)/b23-22-/t21-/m0/s1. The van der Waals surface area contributed by atoms with Crippen molar-refractivity contribution in [2.24, 2.45) is 0 Å². The van der Waals surface area contributed by atoms with Crippen molar-refractivity contribution in [1.82, 2.24) is 9.97 Å². The average molecular weight is 432 g/mol. The summed E-state index contributed by atoms with van der Waals surface area (Å²) in [6.07, 6.45) is -1.15. The normalized spacial score (nSPS) is 13.1. The maximum absolute atomic E-state index is 14.5. The zero-order chi connectivity index (χ0) is 22.8. The van der Waals surface area contributed by atoms with Gasteiger partial charge in [-0.3, -0.25) is 4.79 Å². The minimum atomic E-state index is -1.15. The maximum Gasteiger partial charge on any atom is 0.203 e. The Labute approximate surface area is 183 Å². The average Bonchev–Trinajstić information content (AvgIpc) is 3.22. The van der Waals surface area contributed by atoms with Gasteiger partial charge in [-0.2, -0.15) is 0 Å². The molecule has 1 heterocycles. The van der Waals surface area contributed by atoms with Crippen LogP contribution in [0.25, 0.3) is 22.4 Å². The number of benzene rings is 3. The number of fused-ring (bicyclic) bond motifs is 1. The molecular weight excluding hydrogens is 411 g/mol. The lowest BCUT2D eigenvalue weighted by Crippen LogP contribution is -2.11. The zero-order valence-electron chi connectivity index (χ0n) is 17.2. The predicted molar refractivity (Wildman–Crippen MR) is 119 cm³/mol. The SMILES string of the molecule is Cc1c(/C(O)=C(\C(=O)c2ccccc2F)c2nc3ccccc3[nH]2)cccc1[C@@H](O)CO. The van der Waals surface area contributed by atoms with E-state index in [0.29, 0.717) is 22.2 Å². The molecule has 0 radical (unpaired) electrons. The van der Waals surface area contributed by atoms with Crippen LogP contribution in [0.15, 0.2) is 66.7 Å². The summed E-state index contributed by atoms with van der Waals surface area (Å²) in [6.45, 7) is 1.16. The minimum absolute atomic E-state index is 0.0875. The van der Waals surface area contributed by atoms with Gasteiger partial charge < -0.3 is 20.3 Å².